The van der Waals surface area contributed by atoms with E-state index in [4.69, 9.17) is 11.5 Å². The molecule has 7 heteroatoms. The Balaban J connectivity index is 2.21. The van der Waals surface area contributed by atoms with Crippen LogP contribution in [0.2, 0.25) is 0 Å². The lowest BCUT2D eigenvalue weighted by Crippen LogP contribution is -2.40. The van der Waals surface area contributed by atoms with Gasteiger partial charge in [0, 0.05) is 17.8 Å². The second kappa shape index (κ2) is 7.31. The minimum absolute atomic E-state index is 0.00785. The number of aryl methyl sites for hydroxylation is 2. The third-order valence-electron chi connectivity index (χ3n) is 3.82. The predicted molar refractivity (Wildman–Crippen MR) is 81.6 cm³/mol. The zero-order valence-electron chi connectivity index (χ0n) is 12.9. The first-order valence-corrected chi connectivity index (χ1v) is 7.61. The van der Waals surface area contributed by atoms with Gasteiger partial charge in [-0.15, -0.1) is 0 Å². The molecule has 7 nitrogen and oxygen atoms in total. The molecule has 2 heterocycles. The van der Waals surface area contributed by atoms with Crippen LogP contribution in [0.4, 0.5) is 0 Å². The molecular formula is C15H23N5O2. The molecule has 2 amide bonds. The third-order valence-corrected chi connectivity index (χ3v) is 3.82. The van der Waals surface area contributed by atoms with Crippen LogP contribution >= 0.6 is 0 Å². The Morgan fingerprint density at radius 2 is 2.05 bits per heavy atom. The fourth-order valence-electron chi connectivity index (χ4n) is 2.86. The molecule has 0 bridgehead atoms. The Morgan fingerprint density at radius 1 is 1.27 bits per heavy atom. The lowest BCUT2D eigenvalue weighted by Gasteiger charge is -2.33. The third kappa shape index (κ3) is 4.49. The number of primary amides is 2. The largest absolute Gasteiger partial charge is 0.370 e. The Morgan fingerprint density at radius 3 is 2.73 bits per heavy atom. The standard InChI is InChI=1S/C15H23N5O2/c1-10-8-11(5-6-13(16)21)19-15(18-10)12-4-2-3-7-20(12)9-14(17)22/h8,12H,2-7,9H2,1H3,(H2,16,21)(H2,17,22). The van der Waals surface area contributed by atoms with Gasteiger partial charge in [0.25, 0.3) is 0 Å². The van der Waals surface area contributed by atoms with Crippen LogP contribution in [0.3, 0.4) is 0 Å². The molecule has 1 aromatic rings. The highest BCUT2D eigenvalue weighted by Crippen LogP contribution is 2.28. The van der Waals surface area contributed by atoms with E-state index in [1.165, 1.54) is 0 Å². The number of amides is 2. The molecule has 0 aliphatic carbocycles. The fourth-order valence-corrected chi connectivity index (χ4v) is 2.86. The van der Waals surface area contributed by atoms with Crippen molar-refractivity contribution >= 4 is 11.8 Å². The van der Waals surface area contributed by atoms with Crippen molar-refractivity contribution in [3.63, 3.8) is 0 Å². The Labute approximate surface area is 130 Å². The topological polar surface area (TPSA) is 115 Å². The van der Waals surface area contributed by atoms with Gasteiger partial charge in [-0.1, -0.05) is 6.42 Å². The highest BCUT2D eigenvalue weighted by atomic mass is 16.1. The van der Waals surface area contributed by atoms with Crippen molar-refractivity contribution in [3.05, 3.63) is 23.3 Å². The lowest BCUT2D eigenvalue weighted by molar-refractivity contribution is -0.120. The molecule has 4 N–H and O–H groups in total. The maximum Gasteiger partial charge on any atom is 0.231 e. The summed E-state index contributed by atoms with van der Waals surface area (Å²) in [6.07, 6.45) is 3.81. The average molecular weight is 305 g/mol. The van der Waals surface area contributed by atoms with Gasteiger partial charge in [0.2, 0.25) is 11.8 Å². The number of nitrogens with zero attached hydrogens (tertiary/aromatic N) is 3. The first-order valence-electron chi connectivity index (χ1n) is 7.61. The average Bonchev–Trinajstić information content (AvgIpc) is 2.44. The summed E-state index contributed by atoms with van der Waals surface area (Å²) in [7, 11) is 0. The summed E-state index contributed by atoms with van der Waals surface area (Å²) in [5.41, 5.74) is 12.2. The molecule has 2 rings (SSSR count). The highest BCUT2D eigenvalue weighted by molar-refractivity contribution is 5.76. The van der Waals surface area contributed by atoms with Crippen molar-refractivity contribution < 1.29 is 9.59 Å². The Bertz CT molecular complexity index is 561. The SMILES string of the molecule is Cc1cc(CCC(N)=O)nc(C2CCCCN2CC(N)=O)n1. The van der Waals surface area contributed by atoms with E-state index in [-0.39, 0.29) is 30.8 Å². The maximum atomic E-state index is 11.2. The molecule has 1 aliphatic heterocycles. The van der Waals surface area contributed by atoms with Crippen LogP contribution in [0, 0.1) is 6.92 Å². The van der Waals surface area contributed by atoms with Gasteiger partial charge in [-0.2, -0.15) is 0 Å². The fraction of sp³-hybridized carbons (Fsp3) is 0.600. The summed E-state index contributed by atoms with van der Waals surface area (Å²) in [6.45, 7) is 2.94. The number of carbonyl (C=O) groups excluding carboxylic acids is 2. The molecule has 0 saturated carbocycles. The Hall–Kier alpha value is -2.02. The molecule has 1 atom stereocenters. The van der Waals surface area contributed by atoms with Crippen molar-refractivity contribution in [1.29, 1.82) is 0 Å². The molecule has 1 fully saturated rings. The van der Waals surface area contributed by atoms with Gasteiger partial charge < -0.3 is 11.5 Å². The van der Waals surface area contributed by atoms with Gasteiger partial charge in [0.05, 0.1) is 12.6 Å². The molecule has 0 radical (unpaired) electrons. The van der Waals surface area contributed by atoms with Crippen LogP contribution in [-0.4, -0.2) is 39.8 Å². The van der Waals surface area contributed by atoms with E-state index in [1.807, 2.05) is 17.9 Å². The summed E-state index contributed by atoms with van der Waals surface area (Å²) in [5.74, 6) is 0.0276. The Kier molecular flexibility index (Phi) is 5.43. The quantitative estimate of drug-likeness (QED) is 0.780. The van der Waals surface area contributed by atoms with Crippen LogP contribution in [0.1, 0.15) is 48.9 Å². The monoisotopic (exact) mass is 305 g/mol. The van der Waals surface area contributed by atoms with Crippen molar-refractivity contribution in [3.8, 4) is 0 Å². The van der Waals surface area contributed by atoms with E-state index >= 15 is 0 Å². The number of hydrogen-bond donors (Lipinski definition) is 2. The number of hydrogen-bond acceptors (Lipinski definition) is 5. The van der Waals surface area contributed by atoms with Gasteiger partial charge in [0.15, 0.2) is 0 Å². The van der Waals surface area contributed by atoms with E-state index in [9.17, 15) is 9.59 Å². The molecule has 120 valence electrons. The second-order valence-electron chi connectivity index (χ2n) is 5.77. The van der Waals surface area contributed by atoms with E-state index in [2.05, 4.69) is 9.97 Å². The van der Waals surface area contributed by atoms with Gasteiger partial charge in [-0.05, 0) is 38.8 Å². The van der Waals surface area contributed by atoms with Crippen LogP contribution in [0.25, 0.3) is 0 Å². The summed E-state index contributed by atoms with van der Waals surface area (Å²) in [4.78, 5) is 33.3. The van der Waals surface area contributed by atoms with Crippen molar-refractivity contribution in [2.45, 2.75) is 45.1 Å². The van der Waals surface area contributed by atoms with Gasteiger partial charge in [0.1, 0.15) is 5.82 Å². The summed E-state index contributed by atoms with van der Waals surface area (Å²) in [6, 6.07) is 1.88. The van der Waals surface area contributed by atoms with E-state index < -0.39 is 0 Å². The molecule has 1 aliphatic rings. The minimum Gasteiger partial charge on any atom is -0.370 e. The first-order chi connectivity index (χ1) is 10.5. The van der Waals surface area contributed by atoms with Crippen molar-refractivity contribution in [1.82, 2.24) is 14.9 Å². The van der Waals surface area contributed by atoms with Crippen LogP contribution in [0.5, 0.6) is 0 Å². The molecular weight excluding hydrogens is 282 g/mol. The second-order valence-corrected chi connectivity index (χ2v) is 5.77. The van der Waals surface area contributed by atoms with E-state index in [1.54, 1.807) is 0 Å². The zero-order chi connectivity index (χ0) is 16.1. The van der Waals surface area contributed by atoms with Gasteiger partial charge >= 0.3 is 0 Å². The smallest absolute Gasteiger partial charge is 0.231 e. The number of carbonyl (C=O) groups is 2. The van der Waals surface area contributed by atoms with Gasteiger partial charge in [-0.3, -0.25) is 14.5 Å². The molecule has 0 spiro atoms. The molecule has 1 aromatic heterocycles. The van der Waals surface area contributed by atoms with E-state index in [0.717, 1.165) is 37.2 Å². The molecule has 1 unspecified atom stereocenters. The summed E-state index contributed by atoms with van der Waals surface area (Å²) < 4.78 is 0. The number of likely N-dealkylation sites (tertiary alicyclic amines) is 1. The maximum absolute atomic E-state index is 11.2. The lowest BCUT2D eigenvalue weighted by atomic mass is 10.0. The normalized spacial score (nSPS) is 19.0. The number of rotatable bonds is 6. The van der Waals surface area contributed by atoms with Crippen LogP contribution < -0.4 is 11.5 Å². The van der Waals surface area contributed by atoms with Crippen molar-refractivity contribution in [2.75, 3.05) is 13.1 Å². The minimum atomic E-state index is -0.342. The molecule has 22 heavy (non-hydrogen) atoms. The van der Waals surface area contributed by atoms with Crippen LogP contribution in [-0.2, 0) is 16.0 Å². The van der Waals surface area contributed by atoms with E-state index in [0.29, 0.717) is 12.2 Å². The number of piperidine rings is 1. The number of nitrogens with two attached hydrogens (primary N) is 2. The van der Waals surface area contributed by atoms with Crippen molar-refractivity contribution in [2.24, 2.45) is 11.5 Å². The summed E-state index contributed by atoms with van der Waals surface area (Å²) >= 11 is 0. The van der Waals surface area contributed by atoms with Gasteiger partial charge in [-0.25, -0.2) is 9.97 Å². The molecule has 0 aromatic carbocycles. The van der Waals surface area contributed by atoms with Crippen LogP contribution in [0.15, 0.2) is 6.07 Å². The molecule has 1 saturated heterocycles. The number of aromatic nitrogens is 2. The predicted octanol–water partition coefficient (Wildman–Crippen LogP) is 0.215. The summed E-state index contributed by atoms with van der Waals surface area (Å²) in [5, 5.41) is 0. The first kappa shape index (κ1) is 16.4. The highest BCUT2D eigenvalue weighted by Gasteiger charge is 2.27. The zero-order valence-corrected chi connectivity index (χ0v) is 12.9.